The maximum atomic E-state index is 11.9. The fraction of sp³-hybridized carbons (Fsp3) is 0. The molecule has 0 aliphatic heterocycles. The molecule has 0 radical (unpaired) electrons. The van der Waals surface area contributed by atoms with Crippen LogP contribution in [0.1, 0.15) is 15.9 Å². The molecule has 0 saturated heterocycles. The zero-order valence-electron chi connectivity index (χ0n) is 9.81. The number of phenolic OH excluding ortho intramolecular Hbond substituents is 1. The van der Waals surface area contributed by atoms with Crippen molar-refractivity contribution in [3.63, 3.8) is 0 Å². The number of aromatic hydroxyl groups is 1. The van der Waals surface area contributed by atoms with Gasteiger partial charge in [0.15, 0.2) is 5.78 Å². The van der Waals surface area contributed by atoms with Crippen LogP contribution in [0.25, 0.3) is 6.08 Å². The summed E-state index contributed by atoms with van der Waals surface area (Å²) in [5.74, 6) is -0.0642. The number of hydrogen-bond donors (Lipinski definition) is 1. The Hall–Kier alpha value is -1.77. The number of allylic oxidation sites excluding steroid dienone is 1. The third-order valence-corrected chi connectivity index (χ3v) is 3.21. The number of benzene rings is 2. The van der Waals surface area contributed by atoms with Crippen LogP contribution in [0.15, 0.2) is 48.5 Å². The molecule has 2 aromatic rings. The fourth-order valence-corrected chi connectivity index (χ4v) is 2.07. The largest absolute Gasteiger partial charge is 0.508 e. The molecule has 0 aliphatic rings. The second kappa shape index (κ2) is 5.91. The van der Waals surface area contributed by atoms with Gasteiger partial charge >= 0.3 is 0 Å². The van der Waals surface area contributed by atoms with Crippen molar-refractivity contribution in [2.75, 3.05) is 0 Å². The molecule has 4 heteroatoms. The summed E-state index contributed by atoms with van der Waals surface area (Å²) in [7, 11) is 0. The molecule has 0 aliphatic carbocycles. The second-order valence-electron chi connectivity index (χ2n) is 3.88. The summed E-state index contributed by atoms with van der Waals surface area (Å²) in [6, 6.07) is 11.2. The Morgan fingerprint density at radius 1 is 1.00 bits per heavy atom. The molecule has 2 rings (SSSR count). The lowest BCUT2D eigenvalue weighted by molar-refractivity contribution is 0.104. The molecular weight excluding hydrogens is 283 g/mol. The zero-order chi connectivity index (χ0) is 13.8. The molecule has 0 atom stereocenters. The van der Waals surface area contributed by atoms with Gasteiger partial charge in [0.2, 0.25) is 0 Å². The summed E-state index contributed by atoms with van der Waals surface area (Å²) >= 11 is 12.0. The van der Waals surface area contributed by atoms with E-state index in [1.54, 1.807) is 36.4 Å². The van der Waals surface area contributed by atoms with Crippen molar-refractivity contribution in [3.8, 4) is 5.75 Å². The summed E-state index contributed by atoms with van der Waals surface area (Å²) < 4.78 is 0. The van der Waals surface area contributed by atoms with Gasteiger partial charge in [0.05, 0.1) is 0 Å². The highest BCUT2D eigenvalue weighted by molar-refractivity contribution is 6.37. The summed E-state index contributed by atoms with van der Waals surface area (Å²) in [6.07, 6.45) is 2.99. The average molecular weight is 293 g/mol. The minimum absolute atomic E-state index is 0.120. The van der Waals surface area contributed by atoms with Crippen LogP contribution < -0.4 is 0 Å². The molecule has 2 nitrogen and oxygen atoms in total. The molecule has 0 unspecified atom stereocenters. The highest BCUT2D eigenvalue weighted by atomic mass is 35.5. The maximum Gasteiger partial charge on any atom is 0.185 e. The first kappa shape index (κ1) is 13.7. The number of hydrogen-bond acceptors (Lipinski definition) is 2. The smallest absolute Gasteiger partial charge is 0.185 e. The summed E-state index contributed by atoms with van der Waals surface area (Å²) in [5.41, 5.74) is 1.09. The van der Waals surface area contributed by atoms with Gasteiger partial charge in [-0.15, -0.1) is 0 Å². The average Bonchev–Trinajstić information content (AvgIpc) is 2.38. The molecule has 19 heavy (non-hydrogen) atoms. The lowest BCUT2D eigenvalue weighted by Gasteiger charge is -2.01. The predicted octanol–water partition coefficient (Wildman–Crippen LogP) is 4.60. The van der Waals surface area contributed by atoms with E-state index in [-0.39, 0.29) is 11.5 Å². The lowest BCUT2D eigenvalue weighted by Crippen LogP contribution is -1.93. The molecule has 0 bridgehead atoms. The van der Waals surface area contributed by atoms with Crippen LogP contribution in [0, 0.1) is 0 Å². The van der Waals surface area contributed by atoms with Crippen molar-refractivity contribution < 1.29 is 9.90 Å². The van der Waals surface area contributed by atoms with Gasteiger partial charge in [-0.05, 0) is 48.6 Å². The van der Waals surface area contributed by atoms with Gasteiger partial charge in [-0.25, -0.2) is 0 Å². The van der Waals surface area contributed by atoms with Gasteiger partial charge in [0.25, 0.3) is 0 Å². The van der Waals surface area contributed by atoms with Crippen LogP contribution >= 0.6 is 23.2 Å². The minimum Gasteiger partial charge on any atom is -0.508 e. The van der Waals surface area contributed by atoms with E-state index < -0.39 is 0 Å². The number of halogens is 2. The molecule has 0 fully saturated rings. The molecule has 0 saturated carbocycles. The van der Waals surface area contributed by atoms with Gasteiger partial charge in [-0.2, -0.15) is 0 Å². The predicted molar refractivity (Wildman–Crippen MR) is 77.9 cm³/mol. The Bertz CT molecular complexity index is 611. The fourth-order valence-electron chi connectivity index (χ4n) is 1.55. The third kappa shape index (κ3) is 3.37. The number of phenols is 1. The monoisotopic (exact) mass is 292 g/mol. The van der Waals surface area contributed by atoms with Crippen molar-refractivity contribution in [2.45, 2.75) is 0 Å². The second-order valence-corrected chi connectivity index (χ2v) is 4.69. The summed E-state index contributed by atoms with van der Waals surface area (Å²) in [5, 5.41) is 10.1. The standard InChI is InChI=1S/C15H10Cl2O2/c16-13-2-1-3-14(17)12(13)8-9-15(19)10-4-6-11(18)7-5-10/h1-9,18H/b9-8-. The molecule has 96 valence electrons. The Morgan fingerprint density at radius 3 is 2.16 bits per heavy atom. The van der Waals surface area contributed by atoms with E-state index in [2.05, 4.69) is 0 Å². The van der Waals surface area contributed by atoms with Crippen molar-refractivity contribution >= 4 is 35.1 Å². The molecule has 0 aromatic heterocycles. The van der Waals surface area contributed by atoms with Gasteiger partial charge in [0, 0.05) is 21.2 Å². The van der Waals surface area contributed by atoms with Crippen molar-refractivity contribution in [1.82, 2.24) is 0 Å². The maximum absolute atomic E-state index is 11.9. The SMILES string of the molecule is O=C(/C=C\c1c(Cl)cccc1Cl)c1ccc(O)cc1. The van der Waals surface area contributed by atoms with Crippen LogP contribution in [0.5, 0.6) is 5.75 Å². The number of rotatable bonds is 3. The number of carbonyl (C=O) groups excluding carboxylic acids is 1. The van der Waals surface area contributed by atoms with Crippen LogP contribution in [-0.4, -0.2) is 10.9 Å². The van der Waals surface area contributed by atoms with Crippen molar-refractivity contribution in [2.24, 2.45) is 0 Å². The van der Waals surface area contributed by atoms with Crippen LogP contribution in [0.3, 0.4) is 0 Å². The number of carbonyl (C=O) groups is 1. The Morgan fingerprint density at radius 2 is 1.58 bits per heavy atom. The van der Waals surface area contributed by atoms with Crippen LogP contribution in [-0.2, 0) is 0 Å². The van der Waals surface area contributed by atoms with E-state index in [0.29, 0.717) is 21.2 Å². The van der Waals surface area contributed by atoms with E-state index in [0.717, 1.165) is 0 Å². The van der Waals surface area contributed by atoms with Gasteiger partial charge in [-0.1, -0.05) is 29.3 Å². The summed E-state index contributed by atoms with van der Waals surface area (Å²) in [4.78, 5) is 11.9. The first-order valence-electron chi connectivity index (χ1n) is 5.53. The molecule has 0 spiro atoms. The van der Waals surface area contributed by atoms with Crippen molar-refractivity contribution in [3.05, 3.63) is 69.7 Å². The van der Waals surface area contributed by atoms with E-state index >= 15 is 0 Å². The van der Waals surface area contributed by atoms with Crippen molar-refractivity contribution in [1.29, 1.82) is 0 Å². The summed E-state index contributed by atoms with van der Waals surface area (Å²) in [6.45, 7) is 0. The van der Waals surface area contributed by atoms with E-state index in [1.807, 2.05) is 0 Å². The topological polar surface area (TPSA) is 37.3 Å². The van der Waals surface area contributed by atoms with Crippen LogP contribution in [0.2, 0.25) is 10.0 Å². The van der Waals surface area contributed by atoms with E-state index in [1.165, 1.54) is 18.2 Å². The first-order chi connectivity index (χ1) is 9.08. The molecular formula is C15H10Cl2O2. The highest BCUT2D eigenvalue weighted by Gasteiger charge is 2.04. The molecule has 0 amide bonds. The zero-order valence-corrected chi connectivity index (χ0v) is 11.3. The van der Waals surface area contributed by atoms with E-state index in [9.17, 15) is 4.79 Å². The van der Waals surface area contributed by atoms with Crippen LogP contribution in [0.4, 0.5) is 0 Å². The third-order valence-electron chi connectivity index (χ3n) is 2.55. The molecule has 1 N–H and O–H groups in total. The van der Waals surface area contributed by atoms with E-state index in [4.69, 9.17) is 28.3 Å². The van der Waals surface area contributed by atoms with Gasteiger partial charge in [0.1, 0.15) is 5.75 Å². The highest BCUT2D eigenvalue weighted by Crippen LogP contribution is 2.25. The van der Waals surface area contributed by atoms with Gasteiger partial charge in [-0.3, -0.25) is 4.79 Å². The molecule has 0 heterocycles. The number of ketones is 1. The normalized spacial score (nSPS) is 10.8. The minimum atomic E-state index is -0.184. The molecule has 2 aromatic carbocycles. The Labute approximate surface area is 120 Å². The quantitative estimate of drug-likeness (QED) is 0.663. The van der Waals surface area contributed by atoms with Gasteiger partial charge < -0.3 is 5.11 Å². The Balaban J connectivity index is 2.23. The lowest BCUT2D eigenvalue weighted by atomic mass is 10.1. The Kier molecular flexibility index (Phi) is 4.25. The first-order valence-corrected chi connectivity index (χ1v) is 6.29.